The molecule has 0 aliphatic rings. The molecule has 0 aliphatic carbocycles. The van der Waals surface area contributed by atoms with E-state index in [0.717, 1.165) is 15.2 Å². The second kappa shape index (κ2) is 6.15. The number of nitrogens with zero attached hydrogens (tertiary/aromatic N) is 2. The van der Waals surface area contributed by atoms with Crippen molar-refractivity contribution in [3.63, 3.8) is 0 Å². The predicted octanol–water partition coefficient (Wildman–Crippen LogP) is 5.73. The highest BCUT2D eigenvalue weighted by Crippen LogP contribution is 2.41. The van der Waals surface area contributed by atoms with Gasteiger partial charge in [-0.15, -0.1) is 5.11 Å². The summed E-state index contributed by atoms with van der Waals surface area (Å²) in [6.07, 6.45) is 0. The lowest BCUT2D eigenvalue weighted by Gasteiger charge is -2.09. The van der Waals surface area contributed by atoms with Crippen LogP contribution in [0, 0.1) is 0 Å². The summed E-state index contributed by atoms with van der Waals surface area (Å²) in [7, 11) is 1.57. The number of aromatic hydroxyl groups is 1. The molecule has 0 aromatic heterocycles. The quantitative estimate of drug-likeness (QED) is 0.609. The molecule has 3 rings (SSSR count). The van der Waals surface area contributed by atoms with E-state index in [1.807, 2.05) is 48.5 Å². The highest BCUT2D eigenvalue weighted by molar-refractivity contribution is 9.10. The van der Waals surface area contributed by atoms with Crippen LogP contribution < -0.4 is 4.74 Å². The van der Waals surface area contributed by atoms with Gasteiger partial charge in [-0.2, -0.15) is 5.11 Å². The fourth-order valence-corrected chi connectivity index (χ4v) is 2.47. The zero-order valence-electron chi connectivity index (χ0n) is 11.8. The van der Waals surface area contributed by atoms with Gasteiger partial charge in [-0.1, -0.05) is 40.2 Å². The Balaban J connectivity index is 2.10. The minimum Gasteiger partial charge on any atom is -0.505 e. The molecule has 4 nitrogen and oxygen atoms in total. The van der Waals surface area contributed by atoms with Crippen LogP contribution in [0.4, 0.5) is 11.4 Å². The van der Waals surface area contributed by atoms with E-state index in [0.29, 0.717) is 17.1 Å². The smallest absolute Gasteiger partial charge is 0.147 e. The molecule has 0 heterocycles. The Kier molecular flexibility index (Phi) is 4.06. The number of hydrogen-bond acceptors (Lipinski definition) is 4. The molecular weight excluding hydrogens is 344 g/mol. The van der Waals surface area contributed by atoms with E-state index in [9.17, 15) is 5.11 Å². The maximum absolute atomic E-state index is 10.2. The van der Waals surface area contributed by atoms with Crippen molar-refractivity contribution in [1.29, 1.82) is 0 Å². The van der Waals surface area contributed by atoms with Gasteiger partial charge in [-0.05, 0) is 24.3 Å². The SMILES string of the molecule is COc1cc(O)c(N=Nc2ccc(Br)cc2)c2ccccc12. The summed E-state index contributed by atoms with van der Waals surface area (Å²) in [5, 5.41) is 20.3. The van der Waals surface area contributed by atoms with Crippen LogP contribution in [0.3, 0.4) is 0 Å². The summed E-state index contributed by atoms with van der Waals surface area (Å²) in [6.45, 7) is 0. The Morgan fingerprint density at radius 1 is 0.955 bits per heavy atom. The summed E-state index contributed by atoms with van der Waals surface area (Å²) in [6, 6.07) is 16.6. The van der Waals surface area contributed by atoms with Crippen molar-refractivity contribution in [2.75, 3.05) is 7.11 Å². The number of azo groups is 1. The van der Waals surface area contributed by atoms with E-state index in [-0.39, 0.29) is 5.75 Å². The Hall–Kier alpha value is -2.40. The number of benzene rings is 3. The lowest BCUT2D eigenvalue weighted by atomic mass is 10.1. The number of halogens is 1. The zero-order chi connectivity index (χ0) is 15.5. The molecule has 0 radical (unpaired) electrons. The fourth-order valence-electron chi connectivity index (χ4n) is 2.20. The molecule has 22 heavy (non-hydrogen) atoms. The van der Waals surface area contributed by atoms with E-state index in [1.54, 1.807) is 13.2 Å². The zero-order valence-corrected chi connectivity index (χ0v) is 13.4. The van der Waals surface area contributed by atoms with Crippen LogP contribution in [0.25, 0.3) is 10.8 Å². The molecule has 110 valence electrons. The van der Waals surface area contributed by atoms with E-state index in [1.165, 1.54) is 0 Å². The second-order valence-corrected chi connectivity index (χ2v) is 5.58. The van der Waals surface area contributed by atoms with Crippen molar-refractivity contribution in [3.05, 3.63) is 59.1 Å². The Morgan fingerprint density at radius 3 is 2.32 bits per heavy atom. The van der Waals surface area contributed by atoms with Gasteiger partial charge < -0.3 is 9.84 Å². The van der Waals surface area contributed by atoms with Gasteiger partial charge in [0.15, 0.2) is 0 Å². The third-order valence-electron chi connectivity index (χ3n) is 3.27. The Labute approximate surface area is 136 Å². The Morgan fingerprint density at radius 2 is 1.64 bits per heavy atom. The largest absolute Gasteiger partial charge is 0.505 e. The summed E-state index contributed by atoms with van der Waals surface area (Å²) < 4.78 is 6.28. The number of phenolic OH excluding ortho intramolecular Hbond substituents is 1. The van der Waals surface area contributed by atoms with Gasteiger partial charge in [0.1, 0.15) is 17.2 Å². The van der Waals surface area contributed by atoms with E-state index < -0.39 is 0 Å². The number of rotatable bonds is 3. The molecule has 0 aliphatic heterocycles. The molecule has 0 saturated heterocycles. The summed E-state index contributed by atoms with van der Waals surface area (Å²) in [5.41, 5.74) is 1.14. The monoisotopic (exact) mass is 356 g/mol. The summed E-state index contributed by atoms with van der Waals surface area (Å²) in [5.74, 6) is 0.645. The first kappa shape index (κ1) is 14.5. The average molecular weight is 357 g/mol. The summed E-state index contributed by atoms with van der Waals surface area (Å²) in [4.78, 5) is 0. The van der Waals surface area contributed by atoms with Crippen LogP contribution in [-0.2, 0) is 0 Å². The second-order valence-electron chi connectivity index (χ2n) is 4.67. The van der Waals surface area contributed by atoms with Gasteiger partial charge in [-0.3, -0.25) is 0 Å². The number of hydrogen-bond donors (Lipinski definition) is 1. The molecule has 0 fully saturated rings. The highest BCUT2D eigenvalue weighted by atomic mass is 79.9. The lowest BCUT2D eigenvalue weighted by Crippen LogP contribution is -1.85. The van der Waals surface area contributed by atoms with Crippen LogP contribution in [0.5, 0.6) is 11.5 Å². The molecular formula is C17H13BrN2O2. The van der Waals surface area contributed by atoms with E-state index >= 15 is 0 Å². The third-order valence-corrected chi connectivity index (χ3v) is 3.80. The number of fused-ring (bicyclic) bond motifs is 1. The lowest BCUT2D eigenvalue weighted by molar-refractivity contribution is 0.413. The van der Waals surface area contributed by atoms with Crippen LogP contribution in [-0.4, -0.2) is 12.2 Å². The minimum absolute atomic E-state index is 0.0383. The van der Waals surface area contributed by atoms with Crippen molar-refractivity contribution < 1.29 is 9.84 Å². The van der Waals surface area contributed by atoms with Crippen LogP contribution in [0.15, 0.2) is 69.3 Å². The summed E-state index contributed by atoms with van der Waals surface area (Å²) >= 11 is 3.38. The molecule has 3 aromatic carbocycles. The van der Waals surface area contributed by atoms with Gasteiger partial charge in [0.05, 0.1) is 12.8 Å². The van der Waals surface area contributed by atoms with Crippen LogP contribution in [0.1, 0.15) is 0 Å². The highest BCUT2D eigenvalue weighted by Gasteiger charge is 2.11. The van der Waals surface area contributed by atoms with Crippen LogP contribution >= 0.6 is 15.9 Å². The first-order valence-electron chi connectivity index (χ1n) is 6.65. The molecule has 0 amide bonds. The number of phenols is 1. The van der Waals surface area contributed by atoms with E-state index in [2.05, 4.69) is 26.2 Å². The minimum atomic E-state index is 0.0383. The first-order valence-corrected chi connectivity index (χ1v) is 7.44. The van der Waals surface area contributed by atoms with Gasteiger partial charge in [0, 0.05) is 21.3 Å². The van der Waals surface area contributed by atoms with Crippen molar-refractivity contribution in [2.45, 2.75) is 0 Å². The van der Waals surface area contributed by atoms with Crippen LogP contribution in [0.2, 0.25) is 0 Å². The molecule has 1 N–H and O–H groups in total. The van der Waals surface area contributed by atoms with Gasteiger partial charge in [0.2, 0.25) is 0 Å². The predicted molar refractivity (Wildman–Crippen MR) is 90.5 cm³/mol. The molecule has 5 heteroatoms. The molecule has 3 aromatic rings. The van der Waals surface area contributed by atoms with Gasteiger partial charge >= 0.3 is 0 Å². The topological polar surface area (TPSA) is 54.2 Å². The van der Waals surface area contributed by atoms with Crippen molar-refractivity contribution in [1.82, 2.24) is 0 Å². The maximum atomic E-state index is 10.2. The molecule has 0 bridgehead atoms. The van der Waals surface area contributed by atoms with Gasteiger partial charge in [0.25, 0.3) is 0 Å². The normalized spacial score (nSPS) is 11.2. The average Bonchev–Trinajstić information content (AvgIpc) is 2.55. The Bertz CT molecular complexity index is 845. The standard InChI is InChI=1S/C17H13BrN2O2/c1-22-16-10-15(21)17(14-5-3-2-4-13(14)16)20-19-12-8-6-11(18)7-9-12/h2-10,21H,1H3. The fraction of sp³-hybridized carbons (Fsp3) is 0.0588. The van der Waals surface area contributed by atoms with Crippen molar-refractivity contribution in [2.24, 2.45) is 10.2 Å². The molecule has 0 saturated carbocycles. The first-order chi connectivity index (χ1) is 10.7. The van der Waals surface area contributed by atoms with Gasteiger partial charge in [-0.25, -0.2) is 0 Å². The third kappa shape index (κ3) is 2.80. The molecule has 0 spiro atoms. The molecule has 0 unspecified atom stereocenters. The number of methoxy groups -OCH3 is 1. The molecule has 0 atom stereocenters. The van der Waals surface area contributed by atoms with Crippen molar-refractivity contribution in [3.8, 4) is 11.5 Å². The number of ether oxygens (including phenoxy) is 1. The maximum Gasteiger partial charge on any atom is 0.147 e. The van der Waals surface area contributed by atoms with Crippen molar-refractivity contribution >= 4 is 38.1 Å². The van der Waals surface area contributed by atoms with E-state index in [4.69, 9.17) is 4.74 Å².